The number of hydrogen-bond acceptors (Lipinski definition) is 6. The summed E-state index contributed by atoms with van der Waals surface area (Å²) < 4.78 is 5.88. The van der Waals surface area contributed by atoms with Gasteiger partial charge in [-0.05, 0) is 61.4 Å². The van der Waals surface area contributed by atoms with Crippen molar-refractivity contribution in [3.63, 3.8) is 0 Å². The van der Waals surface area contributed by atoms with Crippen LogP contribution in [0.15, 0.2) is 78.9 Å². The molecule has 2 aliphatic rings. The maximum absolute atomic E-state index is 13.1. The standard InChI is InChI=1S/C33H36N2O5/c36-31(24-7-2-1-3-8-24)27-11-4-5-12-28(27)35-29(33(38)39)21-22-13-17-26(18-14-22)40-20-19-34-30(23-15-16-23)32(37)25-9-6-10-25/h1-5,7-8,11-14,17-18,23,25,29-30,34-35H,6,9-10,15-16,19-21H2,(H,38,39)/t29-,30?/m0/s1. The summed E-state index contributed by atoms with van der Waals surface area (Å²) in [7, 11) is 0. The lowest BCUT2D eigenvalue weighted by Gasteiger charge is -2.29. The van der Waals surface area contributed by atoms with Crippen LogP contribution in [0.4, 0.5) is 5.69 Å². The maximum Gasteiger partial charge on any atom is 0.326 e. The van der Waals surface area contributed by atoms with Crippen molar-refractivity contribution in [1.29, 1.82) is 0 Å². The predicted molar refractivity (Wildman–Crippen MR) is 154 cm³/mol. The monoisotopic (exact) mass is 540 g/mol. The highest BCUT2D eigenvalue weighted by Crippen LogP contribution is 2.37. The van der Waals surface area contributed by atoms with Gasteiger partial charge in [0, 0.05) is 35.7 Å². The second-order valence-corrected chi connectivity index (χ2v) is 10.8. The highest BCUT2D eigenvalue weighted by molar-refractivity contribution is 6.12. The normalized spacial score (nSPS) is 16.4. The minimum absolute atomic E-state index is 0.0372. The van der Waals surface area contributed by atoms with Gasteiger partial charge in [-0.1, -0.05) is 61.0 Å². The van der Waals surface area contributed by atoms with E-state index in [0.717, 1.165) is 37.7 Å². The van der Waals surface area contributed by atoms with Crippen LogP contribution in [0.3, 0.4) is 0 Å². The van der Waals surface area contributed by atoms with Crippen LogP contribution >= 0.6 is 0 Å². The fraction of sp³-hybridized carbons (Fsp3) is 0.364. The third-order valence-electron chi connectivity index (χ3n) is 7.84. The quantitative estimate of drug-likeness (QED) is 0.181. The van der Waals surface area contributed by atoms with Crippen molar-refractivity contribution < 1.29 is 24.2 Å². The SMILES string of the molecule is O=C(c1ccccc1)c1ccccc1N[C@@H](Cc1ccc(OCCNC(C(=O)C2CCC2)C2CC2)cc1)C(=O)O. The Morgan fingerprint density at radius 2 is 1.57 bits per heavy atom. The zero-order chi connectivity index (χ0) is 27.9. The molecule has 0 radical (unpaired) electrons. The van der Waals surface area contributed by atoms with Crippen molar-refractivity contribution in [3.05, 3.63) is 95.6 Å². The Bertz CT molecular complexity index is 1320. The van der Waals surface area contributed by atoms with E-state index in [1.54, 1.807) is 48.5 Å². The third-order valence-corrected chi connectivity index (χ3v) is 7.84. The summed E-state index contributed by atoms with van der Waals surface area (Å²) in [5, 5.41) is 16.4. The molecule has 7 nitrogen and oxygen atoms in total. The molecule has 0 heterocycles. The smallest absolute Gasteiger partial charge is 0.326 e. The fourth-order valence-electron chi connectivity index (χ4n) is 5.16. The van der Waals surface area contributed by atoms with Crippen molar-refractivity contribution in [1.82, 2.24) is 5.32 Å². The highest BCUT2D eigenvalue weighted by Gasteiger charge is 2.40. The van der Waals surface area contributed by atoms with Gasteiger partial charge in [0.05, 0.1) is 6.04 Å². The number of anilines is 1. The molecule has 0 bridgehead atoms. The Hall–Kier alpha value is -3.97. The molecule has 0 spiro atoms. The first-order chi connectivity index (χ1) is 19.5. The number of ether oxygens (including phenoxy) is 1. The van der Waals surface area contributed by atoms with E-state index in [1.165, 1.54) is 0 Å². The van der Waals surface area contributed by atoms with E-state index in [2.05, 4.69) is 10.6 Å². The van der Waals surface area contributed by atoms with Crippen LogP contribution in [0.5, 0.6) is 5.75 Å². The molecule has 0 aromatic heterocycles. The second kappa shape index (κ2) is 12.9. The average molecular weight is 541 g/mol. The third kappa shape index (κ3) is 6.96. The molecule has 0 amide bonds. The Kier molecular flexibility index (Phi) is 8.91. The average Bonchev–Trinajstić information content (AvgIpc) is 3.78. The lowest BCUT2D eigenvalue weighted by Crippen LogP contribution is -2.45. The number of carboxylic acid groups (broad SMARTS) is 1. The minimum atomic E-state index is -1.00. The number of para-hydroxylation sites is 1. The first-order valence-electron chi connectivity index (χ1n) is 14.2. The minimum Gasteiger partial charge on any atom is -0.492 e. The number of rotatable bonds is 15. The number of carboxylic acids is 1. The Balaban J connectivity index is 1.14. The molecule has 3 aromatic rings. The van der Waals surface area contributed by atoms with Gasteiger partial charge < -0.3 is 20.5 Å². The number of carbonyl (C=O) groups excluding carboxylic acids is 2. The molecule has 2 atom stereocenters. The van der Waals surface area contributed by atoms with Crippen molar-refractivity contribution in [2.24, 2.45) is 11.8 Å². The fourth-order valence-corrected chi connectivity index (χ4v) is 5.16. The summed E-state index contributed by atoms with van der Waals surface area (Å²) in [6, 6.07) is 22.3. The summed E-state index contributed by atoms with van der Waals surface area (Å²) in [5.74, 6) is 0.624. The number of hydrogen-bond donors (Lipinski definition) is 3. The van der Waals surface area contributed by atoms with Crippen LogP contribution in [0.2, 0.25) is 0 Å². The van der Waals surface area contributed by atoms with Crippen molar-refractivity contribution >= 4 is 23.2 Å². The Morgan fingerprint density at radius 1 is 0.875 bits per heavy atom. The molecular weight excluding hydrogens is 504 g/mol. The zero-order valence-corrected chi connectivity index (χ0v) is 22.6. The molecule has 7 heteroatoms. The van der Waals surface area contributed by atoms with E-state index in [4.69, 9.17) is 4.74 Å². The number of ketones is 2. The molecule has 0 aliphatic heterocycles. The number of benzene rings is 3. The molecule has 208 valence electrons. The van der Waals surface area contributed by atoms with E-state index in [-0.39, 0.29) is 24.2 Å². The van der Waals surface area contributed by atoms with Gasteiger partial charge in [-0.2, -0.15) is 0 Å². The van der Waals surface area contributed by atoms with Crippen molar-refractivity contribution in [2.45, 2.75) is 50.6 Å². The number of nitrogens with one attached hydrogen (secondary N) is 2. The van der Waals surface area contributed by atoms with Gasteiger partial charge in [0.15, 0.2) is 11.6 Å². The van der Waals surface area contributed by atoms with E-state index < -0.39 is 12.0 Å². The van der Waals surface area contributed by atoms with Gasteiger partial charge in [0.1, 0.15) is 18.4 Å². The first kappa shape index (κ1) is 27.6. The molecule has 40 heavy (non-hydrogen) atoms. The summed E-state index contributed by atoms with van der Waals surface area (Å²) in [5.41, 5.74) is 2.28. The van der Waals surface area contributed by atoms with Gasteiger partial charge in [-0.15, -0.1) is 0 Å². The molecule has 0 saturated heterocycles. The van der Waals surface area contributed by atoms with Crippen LogP contribution in [0.25, 0.3) is 0 Å². The van der Waals surface area contributed by atoms with Crippen LogP contribution in [0, 0.1) is 11.8 Å². The van der Waals surface area contributed by atoms with Crippen LogP contribution in [0.1, 0.15) is 53.6 Å². The maximum atomic E-state index is 13.1. The summed E-state index contributed by atoms with van der Waals surface area (Å²) in [6.07, 6.45) is 5.71. The van der Waals surface area contributed by atoms with Crippen molar-refractivity contribution in [3.8, 4) is 5.75 Å². The summed E-state index contributed by atoms with van der Waals surface area (Å²) >= 11 is 0. The van der Waals surface area contributed by atoms with E-state index in [0.29, 0.717) is 47.4 Å². The number of Topliss-reactive ketones (excluding diaryl/α,β-unsaturated/α-hetero) is 1. The van der Waals surface area contributed by atoms with Crippen LogP contribution < -0.4 is 15.4 Å². The lowest BCUT2D eigenvalue weighted by molar-refractivity contribution is -0.137. The molecular formula is C33H36N2O5. The van der Waals surface area contributed by atoms with Gasteiger partial charge in [0.2, 0.25) is 0 Å². The van der Waals surface area contributed by atoms with Crippen molar-refractivity contribution in [2.75, 3.05) is 18.5 Å². The summed E-state index contributed by atoms with van der Waals surface area (Å²) in [6.45, 7) is 1.06. The second-order valence-electron chi connectivity index (χ2n) is 10.8. The molecule has 2 aliphatic carbocycles. The van der Waals surface area contributed by atoms with E-state index in [9.17, 15) is 19.5 Å². The van der Waals surface area contributed by atoms with Gasteiger partial charge in [-0.3, -0.25) is 9.59 Å². The van der Waals surface area contributed by atoms with Gasteiger partial charge in [0.25, 0.3) is 0 Å². The number of aliphatic carboxylic acids is 1. The Labute approximate surface area is 235 Å². The summed E-state index contributed by atoms with van der Waals surface area (Å²) in [4.78, 5) is 37.9. The first-order valence-corrected chi connectivity index (χ1v) is 14.2. The number of carbonyl (C=O) groups is 3. The van der Waals surface area contributed by atoms with Gasteiger partial charge in [-0.25, -0.2) is 4.79 Å². The largest absolute Gasteiger partial charge is 0.492 e. The highest BCUT2D eigenvalue weighted by atomic mass is 16.5. The molecule has 2 fully saturated rings. The molecule has 3 N–H and O–H groups in total. The lowest BCUT2D eigenvalue weighted by atomic mass is 9.79. The van der Waals surface area contributed by atoms with Gasteiger partial charge >= 0.3 is 5.97 Å². The van der Waals surface area contributed by atoms with Crippen LogP contribution in [-0.2, 0) is 16.0 Å². The molecule has 3 aromatic carbocycles. The van der Waals surface area contributed by atoms with E-state index >= 15 is 0 Å². The topological polar surface area (TPSA) is 105 Å². The molecule has 1 unspecified atom stereocenters. The molecule has 2 saturated carbocycles. The van der Waals surface area contributed by atoms with Crippen LogP contribution in [-0.4, -0.2) is 47.9 Å². The zero-order valence-electron chi connectivity index (χ0n) is 22.6. The Morgan fingerprint density at radius 3 is 2.23 bits per heavy atom. The molecule has 5 rings (SSSR count). The van der Waals surface area contributed by atoms with E-state index in [1.807, 2.05) is 30.3 Å². The predicted octanol–water partition coefficient (Wildman–Crippen LogP) is 5.14.